The molecule has 0 aliphatic rings. The van der Waals surface area contributed by atoms with Crippen molar-refractivity contribution in [1.82, 2.24) is 9.97 Å². The van der Waals surface area contributed by atoms with Crippen LogP contribution in [0.3, 0.4) is 0 Å². The van der Waals surface area contributed by atoms with Gasteiger partial charge >= 0.3 is 0 Å². The Hall–Kier alpha value is -3.65. The predicted octanol–water partition coefficient (Wildman–Crippen LogP) is 4.88. The number of anilines is 3. The van der Waals surface area contributed by atoms with E-state index in [9.17, 15) is 8.42 Å². The molecule has 0 aliphatic carbocycles. The number of aromatic nitrogens is 2. The van der Waals surface area contributed by atoms with Crippen LogP contribution in [0.15, 0.2) is 77.7 Å². The average Bonchev–Trinajstić information content (AvgIpc) is 2.75. The Morgan fingerprint density at radius 3 is 2.19 bits per heavy atom. The van der Waals surface area contributed by atoms with E-state index < -0.39 is 10.0 Å². The second-order valence-electron chi connectivity index (χ2n) is 6.91. The molecule has 7 nitrogen and oxygen atoms in total. The quantitative estimate of drug-likeness (QED) is 0.431. The molecule has 1 heterocycles. The Labute approximate surface area is 181 Å². The van der Waals surface area contributed by atoms with Crippen LogP contribution in [0, 0.1) is 6.92 Å². The summed E-state index contributed by atoms with van der Waals surface area (Å²) in [5.74, 6) is 1.17. The number of nitrogens with one attached hydrogen (secondary N) is 2. The summed E-state index contributed by atoms with van der Waals surface area (Å²) in [5, 5.41) is 3.16. The minimum absolute atomic E-state index is 0.120. The molecular weight excluding hydrogens is 412 g/mol. The first kappa shape index (κ1) is 20.6. The van der Waals surface area contributed by atoms with Crippen LogP contribution in [-0.4, -0.2) is 25.0 Å². The lowest BCUT2D eigenvalue weighted by Gasteiger charge is -2.14. The summed E-state index contributed by atoms with van der Waals surface area (Å²) in [4.78, 5) is 9.27. The number of ether oxygens (including phenoxy) is 1. The van der Waals surface area contributed by atoms with Gasteiger partial charge in [-0.25, -0.2) is 18.4 Å². The molecule has 158 valence electrons. The lowest BCUT2D eigenvalue weighted by atomic mass is 10.2. The SMILES string of the molecule is CCOc1ccc(Nc2nc3ccccc3nc2NS(=O)(=O)c2cccc(C)c2)cc1. The lowest BCUT2D eigenvalue weighted by Crippen LogP contribution is -2.16. The van der Waals surface area contributed by atoms with E-state index in [1.807, 2.05) is 62.4 Å². The maximum Gasteiger partial charge on any atom is 0.263 e. The summed E-state index contributed by atoms with van der Waals surface area (Å²) < 4.78 is 34.0. The zero-order valence-electron chi connectivity index (χ0n) is 17.2. The van der Waals surface area contributed by atoms with Gasteiger partial charge in [0.1, 0.15) is 5.75 Å². The first-order valence-electron chi connectivity index (χ1n) is 9.81. The summed E-state index contributed by atoms with van der Waals surface area (Å²) in [7, 11) is -3.85. The van der Waals surface area contributed by atoms with Crippen LogP contribution >= 0.6 is 0 Å². The summed E-state index contributed by atoms with van der Waals surface area (Å²) in [6.45, 7) is 4.34. The van der Waals surface area contributed by atoms with Gasteiger partial charge in [-0.3, -0.25) is 4.72 Å². The molecule has 4 aromatic rings. The molecule has 0 aliphatic heterocycles. The molecule has 0 radical (unpaired) electrons. The molecular formula is C23H22N4O3S. The Balaban J connectivity index is 1.73. The van der Waals surface area contributed by atoms with Gasteiger partial charge < -0.3 is 10.1 Å². The molecule has 0 bridgehead atoms. The van der Waals surface area contributed by atoms with Crippen LogP contribution in [0.2, 0.25) is 0 Å². The molecule has 0 spiro atoms. The molecule has 0 saturated heterocycles. The smallest absolute Gasteiger partial charge is 0.263 e. The standard InChI is InChI=1S/C23H22N4O3S/c1-3-30-18-13-11-17(12-14-18)24-22-23(26-21-10-5-4-9-20(21)25-22)27-31(28,29)19-8-6-7-16(2)15-19/h4-15H,3H2,1-2H3,(H,24,25)(H,26,27). The van der Waals surface area contributed by atoms with Crippen LogP contribution in [0.4, 0.5) is 17.3 Å². The predicted molar refractivity (Wildman–Crippen MR) is 122 cm³/mol. The van der Waals surface area contributed by atoms with Crippen molar-refractivity contribution < 1.29 is 13.2 Å². The molecule has 0 fully saturated rings. The van der Waals surface area contributed by atoms with Crippen LogP contribution < -0.4 is 14.8 Å². The highest BCUT2D eigenvalue weighted by molar-refractivity contribution is 7.92. The number of benzene rings is 3. The molecule has 3 aromatic carbocycles. The molecule has 8 heteroatoms. The number of hydrogen-bond donors (Lipinski definition) is 2. The monoisotopic (exact) mass is 434 g/mol. The molecule has 31 heavy (non-hydrogen) atoms. The van der Waals surface area contributed by atoms with Crippen LogP contribution in [0.1, 0.15) is 12.5 Å². The summed E-state index contributed by atoms with van der Waals surface area (Å²) in [6.07, 6.45) is 0. The number of fused-ring (bicyclic) bond motifs is 1. The molecule has 0 amide bonds. The van der Waals surface area contributed by atoms with Gasteiger partial charge in [-0.1, -0.05) is 24.3 Å². The highest BCUT2D eigenvalue weighted by Crippen LogP contribution is 2.28. The first-order valence-corrected chi connectivity index (χ1v) is 11.3. The zero-order valence-corrected chi connectivity index (χ0v) is 18.0. The van der Waals surface area contributed by atoms with Crippen molar-refractivity contribution >= 4 is 38.4 Å². The number of aryl methyl sites for hydroxylation is 1. The molecule has 0 unspecified atom stereocenters. The number of nitrogens with zero attached hydrogens (tertiary/aromatic N) is 2. The van der Waals surface area contributed by atoms with E-state index in [0.29, 0.717) is 23.5 Å². The molecule has 1 aromatic heterocycles. The van der Waals surface area contributed by atoms with Gasteiger partial charge in [0.15, 0.2) is 11.6 Å². The summed E-state index contributed by atoms with van der Waals surface area (Å²) >= 11 is 0. The number of rotatable bonds is 7. The van der Waals surface area contributed by atoms with Crippen molar-refractivity contribution in [3.05, 3.63) is 78.4 Å². The van der Waals surface area contributed by atoms with E-state index in [4.69, 9.17) is 4.74 Å². The molecule has 4 rings (SSSR count). The van der Waals surface area contributed by atoms with Gasteiger partial charge in [0.25, 0.3) is 10.0 Å². The molecule has 0 atom stereocenters. The van der Waals surface area contributed by atoms with Gasteiger partial charge in [-0.15, -0.1) is 0 Å². The fourth-order valence-corrected chi connectivity index (χ4v) is 4.18. The highest BCUT2D eigenvalue weighted by Gasteiger charge is 2.19. The second-order valence-corrected chi connectivity index (χ2v) is 8.60. The van der Waals surface area contributed by atoms with Crippen molar-refractivity contribution in [3.8, 4) is 5.75 Å². The number of hydrogen-bond acceptors (Lipinski definition) is 6. The van der Waals surface area contributed by atoms with Crippen molar-refractivity contribution in [2.75, 3.05) is 16.6 Å². The largest absolute Gasteiger partial charge is 0.494 e. The Morgan fingerprint density at radius 1 is 0.871 bits per heavy atom. The average molecular weight is 435 g/mol. The van der Waals surface area contributed by atoms with Crippen molar-refractivity contribution in [2.24, 2.45) is 0 Å². The minimum Gasteiger partial charge on any atom is -0.494 e. The Bertz CT molecular complexity index is 1320. The number of para-hydroxylation sites is 2. The minimum atomic E-state index is -3.85. The first-order chi connectivity index (χ1) is 14.9. The second kappa shape index (κ2) is 8.61. The lowest BCUT2D eigenvalue weighted by molar-refractivity contribution is 0.340. The maximum absolute atomic E-state index is 13.0. The molecule has 2 N–H and O–H groups in total. The van der Waals surface area contributed by atoms with Crippen molar-refractivity contribution in [2.45, 2.75) is 18.7 Å². The van der Waals surface area contributed by atoms with Gasteiger partial charge in [0.05, 0.1) is 22.5 Å². The van der Waals surface area contributed by atoms with Crippen LogP contribution in [0.25, 0.3) is 11.0 Å². The van der Waals surface area contributed by atoms with E-state index in [2.05, 4.69) is 20.0 Å². The van der Waals surface area contributed by atoms with Gasteiger partial charge in [-0.2, -0.15) is 0 Å². The summed E-state index contributed by atoms with van der Waals surface area (Å²) in [6, 6.07) is 21.3. The van der Waals surface area contributed by atoms with Crippen LogP contribution in [-0.2, 0) is 10.0 Å². The van der Waals surface area contributed by atoms with E-state index in [1.54, 1.807) is 24.3 Å². The van der Waals surface area contributed by atoms with Crippen molar-refractivity contribution in [3.63, 3.8) is 0 Å². The summed E-state index contributed by atoms with van der Waals surface area (Å²) in [5.41, 5.74) is 2.81. The zero-order chi connectivity index (χ0) is 21.8. The van der Waals surface area contributed by atoms with E-state index >= 15 is 0 Å². The Kier molecular flexibility index (Phi) is 5.73. The number of sulfonamides is 1. The fourth-order valence-electron chi connectivity index (χ4n) is 3.06. The van der Waals surface area contributed by atoms with Crippen molar-refractivity contribution in [1.29, 1.82) is 0 Å². The van der Waals surface area contributed by atoms with Gasteiger partial charge in [0, 0.05) is 5.69 Å². The van der Waals surface area contributed by atoms with E-state index in [-0.39, 0.29) is 10.7 Å². The third-order valence-electron chi connectivity index (χ3n) is 4.53. The van der Waals surface area contributed by atoms with E-state index in [0.717, 1.165) is 17.0 Å². The van der Waals surface area contributed by atoms with Gasteiger partial charge in [-0.05, 0) is 67.9 Å². The highest BCUT2D eigenvalue weighted by atomic mass is 32.2. The van der Waals surface area contributed by atoms with Gasteiger partial charge in [0.2, 0.25) is 0 Å². The fraction of sp³-hybridized carbons (Fsp3) is 0.130. The normalized spacial score (nSPS) is 11.3. The maximum atomic E-state index is 13.0. The molecule has 0 saturated carbocycles. The third-order valence-corrected chi connectivity index (χ3v) is 5.87. The third kappa shape index (κ3) is 4.75. The van der Waals surface area contributed by atoms with Crippen LogP contribution in [0.5, 0.6) is 5.75 Å². The topological polar surface area (TPSA) is 93.2 Å². The van der Waals surface area contributed by atoms with E-state index in [1.165, 1.54) is 0 Å². The Morgan fingerprint density at radius 2 is 1.55 bits per heavy atom.